The van der Waals surface area contributed by atoms with Crippen molar-refractivity contribution in [1.29, 1.82) is 0 Å². The summed E-state index contributed by atoms with van der Waals surface area (Å²) in [6.07, 6.45) is 1.92. The highest BCUT2D eigenvalue weighted by Gasteiger charge is 2.34. The average Bonchev–Trinajstić information content (AvgIpc) is 3.50. The van der Waals surface area contributed by atoms with E-state index in [-0.39, 0.29) is 36.6 Å². The number of hydrogen-bond donors (Lipinski definition) is 1. The molecular weight excluding hydrogens is 340 g/mol. The number of esters is 2. The molecule has 3 rings (SSSR count). The van der Waals surface area contributed by atoms with E-state index in [9.17, 15) is 14.4 Å². The fourth-order valence-corrected chi connectivity index (χ4v) is 2.73. The molecule has 1 saturated carbocycles. The van der Waals surface area contributed by atoms with Gasteiger partial charge in [-0.15, -0.1) is 0 Å². The molecule has 1 N–H and O–H groups in total. The maximum Gasteiger partial charge on any atom is 0.355 e. The van der Waals surface area contributed by atoms with Crippen LogP contribution < -0.4 is 10.2 Å². The molecule has 1 aliphatic heterocycles. The predicted molar refractivity (Wildman–Crippen MR) is 91.3 cm³/mol. The van der Waals surface area contributed by atoms with E-state index >= 15 is 0 Å². The van der Waals surface area contributed by atoms with Crippen molar-refractivity contribution in [3.63, 3.8) is 0 Å². The quantitative estimate of drug-likeness (QED) is 0.782. The summed E-state index contributed by atoms with van der Waals surface area (Å²) in [5.74, 6) is -1.63. The second kappa shape index (κ2) is 7.57. The zero-order valence-electron chi connectivity index (χ0n) is 14.6. The molecule has 138 valence electrons. The van der Waals surface area contributed by atoms with E-state index < -0.39 is 11.9 Å². The first-order valence-electron chi connectivity index (χ1n) is 8.21. The molecule has 0 radical (unpaired) electrons. The third kappa shape index (κ3) is 3.55. The first kappa shape index (κ1) is 17.9. The van der Waals surface area contributed by atoms with Crippen LogP contribution >= 0.6 is 0 Å². The summed E-state index contributed by atoms with van der Waals surface area (Å²) in [5.41, 5.74) is 0.892. The Hall–Kier alpha value is -2.87. The van der Waals surface area contributed by atoms with E-state index in [2.05, 4.69) is 5.32 Å². The van der Waals surface area contributed by atoms with E-state index in [1.54, 1.807) is 24.3 Å². The van der Waals surface area contributed by atoms with Crippen LogP contribution in [0.15, 0.2) is 35.5 Å². The average molecular weight is 360 g/mol. The van der Waals surface area contributed by atoms with Crippen LogP contribution in [0.3, 0.4) is 0 Å². The molecule has 1 aromatic rings. The molecule has 1 fully saturated rings. The number of hydrogen-bond acceptors (Lipinski definition) is 7. The highest BCUT2D eigenvalue weighted by Crippen LogP contribution is 2.30. The minimum Gasteiger partial charge on any atom is -0.466 e. The summed E-state index contributed by atoms with van der Waals surface area (Å²) in [6.45, 7) is -0.0807. The summed E-state index contributed by atoms with van der Waals surface area (Å²) in [7, 11) is 2.45. The Labute approximate surface area is 150 Å². The van der Waals surface area contributed by atoms with Crippen molar-refractivity contribution < 1.29 is 28.6 Å². The van der Waals surface area contributed by atoms with Crippen molar-refractivity contribution in [2.45, 2.75) is 18.9 Å². The molecule has 0 spiro atoms. The second-order valence-electron chi connectivity index (χ2n) is 5.98. The summed E-state index contributed by atoms with van der Waals surface area (Å²) >= 11 is 0. The Morgan fingerprint density at radius 1 is 1.12 bits per heavy atom. The number of amides is 1. The van der Waals surface area contributed by atoms with Gasteiger partial charge in [-0.2, -0.15) is 0 Å². The minimum atomic E-state index is -0.703. The van der Waals surface area contributed by atoms with Crippen molar-refractivity contribution in [1.82, 2.24) is 5.32 Å². The molecule has 26 heavy (non-hydrogen) atoms. The van der Waals surface area contributed by atoms with Crippen LogP contribution in [0, 0.1) is 0 Å². The van der Waals surface area contributed by atoms with Crippen LogP contribution in [-0.2, 0) is 23.8 Å². The molecule has 1 amide bonds. The first-order valence-corrected chi connectivity index (χ1v) is 8.21. The number of para-hydroxylation sites is 1. The van der Waals surface area contributed by atoms with Crippen LogP contribution in [0.2, 0.25) is 0 Å². The Morgan fingerprint density at radius 2 is 1.81 bits per heavy atom. The fraction of sp³-hybridized carbons (Fsp3) is 0.389. The van der Waals surface area contributed by atoms with E-state index in [1.807, 2.05) is 0 Å². The molecular formula is C18H20N2O6. The third-order valence-corrected chi connectivity index (χ3v) is 4.19. The summed E-state index contributed by atoms with van der Waals surface area (Å²) in [6, 6.07) is 7.01. The zero-order valence-corrected chi connectivity index (χ0v) is 14.6. The Morgan fingerprint density at radius 3 is 2.46 bits per heavy atom. The molecule has 1 aromatic carbocycles. The third-order valence-electron chi connectivity index (χ3n) is 4.19. The maximum atomic E-state index is 12.6. The molecule has 8 heteroatoms. The maximum absolute atomic E-state index is 12.6. The molecule has 0 aromatic heterocycles. The highest BCUT2D eigenvalue weighted by molar-refractivity contribution is 6.06. The molecule has 1 heterocycles. The van der Waals surface area contributed by atoms with Gasteiger partial charge < -0.3 is 24.4 Å². The highest BCUT2D eigenvalue weighted by atomic mass is 16.5. The summed E-state index contributed by atoms with van der Waals surface area (Å²) in [5, 5.41) is 2.92. The van der Waals surface area contributed by atoms with E-state index in [0.29, 0.717) is 11.3 Å². The van der Waals surface area contributed by atoms with Gasteiger partial charge in [0.15, 0.2) is 0 Å². The Kier molecular flexibility index (Phi) is 5.22. The number of rotatable bonds is 5. The topological polar surface area (TPSA) is 94.2 Å². The number of carbonyl (C=O) groups is 3. The van der Waals surface area contributed by atoms with Gasteiger partial charge in [0.25, 0.3) is 5.91 Å². The summed E-state index contributed by atoms with van der Waals surface area (Å²) < 4.78 is 15.0. The van der Waals surface area contributed by atoms with Gasteiger partial charge in [-0.25, -0.2) is 9.59 Å². The molecule has 0 saturated heterocycles. The van der Waals surface area contributed by atoms with E-state index in [4.69, 9.17) is 14.2 Å². The number of methoxy groups -OCH3 is 2. The van der Waals surface area contributed by atoms with Crippen LogP contribution in [0.4, 0.5) is 5.69 Å². The van der Waals surface area contributed by atoms with Gasteiger partial charge in [-0.05, 0) is 25.0 Å². The molecule has 8 nitrogen and oxygen atoms in total. The van der Waals surface area contributed by atoms with Gasteiger partial charge in [0.05, 0.1) is 37.7 Å². The SMILES string of the molecule is COC(=O)C1=C(C(=O)OC)N(c2ccccc2C(=O)NC2CC2)COC1. The van der Waals surface area contributed by atoms with Gasteiger partial charge in [0.2, 0.25) is 0 Å². The van der Waals surface area contributed by atoms with Crippen molar-refractivity contribution in [2.75, 3.05) is 32.5 Å². The van der Waals surface area contributed by atoms with Crippen LogP contribution in [0.5, 0.6) is 0 Å². The van der Waals surface area contributed by atoms with Crippen LogP contribution in [0.25, 0.3) is 0 Å². The van der Waals surface area contributed by atoms with Gasteiger partial charge >= 0.3 is 11.9 Å². The van der Waals surface area contributed by atoms with Gasteiger partial charge in [-0.1, -0.05) is 12.1 Å². The van der Waals surface area contributed by atoms with Gasteiger partial charge in [-0.3, -0.25) is 4.79 Å². The van der Waals surface area contributed by atoms with E-state index in [1.165, 1.54) is 19.1 Å². The van der Waals surface area contributed by atoms with Gasteiger partial charge in [0.1, 0.15) is 12.4 Å². The van der Waals surface area contributed by atoms with Crippen molar-refractivity contribution in [3.05, 3.63) is 41.1 Å². The largest absolute Gasteiger partial charge is 0.466 e. The number of nitrogens with one attached hydrogen (secondary N) is 1. The number of nitrogens with zero attached hydrogens (tertiary/aromatic N) is 1. The fourth-order valence-electron chi connectivity index (χ4n) is 2.73. The van der Waals surface area contributed by atoms with Crippen molar-refractivity contribution >= 4 is 23.5 Å². The monoisotopic (exact) mass is 360 g/mol. The van der Waals surface area contributed by atoms with Crippen molar-refractivity contribution in [2.24, 2.45) is 0 Å². The molecule has 1 aliphatic carbocycles. The predicted octanol–water partition coefficient (Wildman–Crippen LogP) is 0.973. The molecule has 0 unspecified atom stereocenters. The van der Waals surface area contributed by atoms with Crippen molar-refractivity contribution in [3.8, 4) is 0 Å². The lowest BCUT2D eigenvalue weighted by molar-refractivity contribution is -0.140. The minimum absolute atomic E-state index is 0.00134. The lowest BCUT2D eigenvalue weighted by Gasteiger charge is -2.32. The van der Waals surface area contributed by atoms with Crippen LogP contribution in [-0.4, -0.2) is 51.4 Å². The Bertz CT molecular complexity index is 769. The smallest absolute Gasteiger partial charge is 0.355 e. The molecule has 0 atom stereocenters. The lowest BCUT2D eigenvalue weighted by Crippen LogP contribution is -2.40. The Balaban J connectivity index is 2.05. The lowest BCUT2D eigenvalue weighted by atomic mass is 10.1. The summed E-state index contributed by atoms with van der Waals surface area (Å²) in [4.78, 5) is 38.5. The number of ether oxygens (including phenoxy) is 3. The second-order valence-corrected chi connectivity index (χ2v) is 5.98. The standard InChI is InChI=1S/C18H20N2O6/c1-24-17(22)13-9-26-10-20(15(13)18(23)25-2)14-6-4-3-5-12(14)16(21)19-11-7-8-11/h3-6,11H,7-10H2,1-2H3,(H,19,21). The molecule has 2 aliphatic rings. The van der Waals surface area contributed by atoms with Gasteiger partial charge in [0, 0.05) is 6.04 Å². The van der Waals surface area contributed by atoms with Crippen LogP contribution in [0.1, 0.15) is 23.2 Å². The normalized spacial score (nSPS) is 16.9. The number of carbonyl (C=O) groups excluding carboxylic acids is 3. The van der Waals surface area contributed by atoms with E-state index in [0.717, 1.165) is 12.8 Å². The first-order chi connectivity index (χ1) is 12.6. The number of anilines is 1. The molecule has 0 bridgehead atoms. The number of benzene rings is 1. The zero-order chi connectivity index (χ0) is 18.7.